The third-order valence-electron chi connectivity index (χ3n) is 2.08. The lowest BCUT2D eigenvalue weighted by Gasteiger charge is -2.14. The van der Waals surface area contributed by atoms with Gasteiger partial charge < -0.3 is 5.32 Å². The molecular formula is C10H13F3N2. The third kappa shape index (κ3) is 3.20. The maximum atomic E-state index is 12.3. The summed E-state index contributed by atoms with van der Waals surface area (Å²) in [6.07, 6.45) is -3.19. The fraction of sp³-hybridized carbons (Fsp3) is 0.500. The molecule has 1 atom stereocenters. The highest BCUT2D eigenvalue weighted by molar-refractivity contribution is 5.21. The van der Waals surface area contributed by atoms with E-state index in [1.54, 1.807) is 6.07 Å². The van der Waals surface area contributed by atoms with Gasteiger partial charge in [0, 0.05) is 12.2 Å². The summed E-state index contributed by atoms with van der Waals surface area (Å²) < 4.78 is 37.0. The highest BCUT2D eigenvalue weighted by Gasteiger charge is 2.32. The predicted molar refractivity (Wildman–Crippen MR) is 51.3 cm³/mol. The highest BCUT2D eigenvalue weighted by atomic mass is 19.4. The first-order valence-corrected chi connectivity index (χ1v) is 4.71. The summed E-state index contributed by atoms with van der Waals surface area (Å²) >= 11 is 0. The standard InChI is InChI=1S/C10H13F3N2/c1-3-14-7(2)8-4-5-15-9(6-8)10(11,12)13/h4-7,14H,3H2,1-2H3. The molecule has 0 bridgehead atoms. The zero-order chi connectivity index (χ0) is 11.5. The Hall–Kier alpha value is -1.10. The molecule has 0 saturated carbocycles. The summed E-state index contributed by atoms with van der Waals surface area (Å²) in [4.78, 5) is 3.30. The van der Waals surface area contributed by atoms with Crippen LogP contribution in [0.4, 0.5) is 13.2 Å². The Morgan fingerprint density at radius 3 is 2.67 bits per heavy atom. The van der Waals surface area contributed by atoms with E-state index in [2.05, 4.69) is 10.3 Å². The monoisotopic (exact) mass is 218 g/mol. The van der Waals surface area contributed by atoms with E-state index in [4.69, 9.17) is 0 Å². The molecule has 1 aromatic rings. The van der Waals surface area contributed by atoms with Crippen LogP contribution in [0.3, 0.4) is 0 Å². The molecule has 0 amide bonds. The first-order chi connectivity index (χ1) is 6.95. The fourth-order valence-corrected chi connectivity index (χ4v) is 1.30. The molecule has 84 valence electrons. The zero-order valence-electron chi connectivity index (χ0n) is 8.60. The molecule has 0 aromatic carbocycles. The van der Waals surface area contributed by atoms with Crippen LogP contribution in [0.25, 0.3) is 0 Å². The van der Waals surface area contributed by atoms with Crippen LogP contribution in [-0.2, 0) is 6.18 Å². The van der Waals surface area contributed by atoms with Crippen LogP contribution in [0.1, 0.15) is 31.1 Å². The second-order valence-electron chi connectivity index (χ2n) is 3.25. The molecule has 5 heteroatoms. The van der Waals surface area contributed by atoms with Gasteiger partial charge in [-0.25, -0.2) is 0 Å². The summed E-state index contributed by atoms with van der Waals surface area (Å²) in [5, 5.41) is 3.05. The van der Waals surface area contributed by atoms with E-state index >= 15 is 0 Å². The smallest absolute Gasteiger partial charge is 0.310 e. The van der Waals surface area contributed by atoms with Crippen molar-refractivity contribution >= 4 is 0 Å². The second-order valence-corrected chi connectivity index (χ2v) is 3.25. The minimum absolute atomic E-state index is 0.0981. The van der Waals surface area contributed by atoms with E-state index in [1.165, 1.54) is 6.20 Å². The topological polar surface area (TPSA) is 24.9 Å². The van der Waals surface area contributed by atoms with Crippen LogP contribution in [0.5, 0.6) is 0 Å². The molecule has 0 aliphatic carbocycles. The number of nitrogens with zero attached hydrogens (tertiary/aromatic N) is 1. The quantitative estimate of drug-likeness (QED) is 0.843. The molecule has 0 radical (unpaired) electrons. The van der Waals surface area contributed by atoms with E-state index in [-0.39, 0.29) is 6.04 Å². The number of hydrogen-bond acceptors (Lipinski definition) is 2. The van der Waals surface area contributed by atoms with Crippen LogP contribution in [-0.4, -0.2) is 11.5 Å². The van der Waals surface area contributed by atoms with Gasteiger partial charge in [0.15, 0.2) is 0 Å². The van der Waals surface area contributed by atoms with Gasteiger partial charge in [-0.05, 0) is 31.2 Å². The van der Waals surface area contributed by atoms with Crippen molar-refractivity contribution in [2.45, 2.75) is 26.1 Å². The lowest BCUT2D eigenvalue weighted by atomic mass is 10.1. The van der Waals surface area contributed by atoms with Crippen LogP contribution in [0.15, 0.2) is 18.3 Å². The molecule has 0 aliphatic heterocycles. The van der Waals surface area contributed by atoms with Crippen LogP contribution in [0, 0.1) is 0 Å². The van der Waals surface area contributed by atoms with E-state index in [9.17, 15) is 13.2 Å². The van der Waals surface area contributed by atoms with E-state index in [0.717, 1.165) is 6.07 Å². The average molecular weight is 218 g/mol. The van der Waals surface area contributed by atoms with Gasteiger partial charge in [0.25, 0.3) is 0 Å². The third-order valence-corrected chi connectivity index (χ3v) is 2.08. The molecular weight excluding hydrogens is 205 g/mol. The Balaban J connectivity index is 2.92. The molecule has 0 spiro atoms. The van der Waals surface area contributed by atoms with Gasteiger partial charge in [-0.1, -0.05) is 6.92 Å². The van der Waals surface area contributed by atoms with Crippen molar-refractivity contribution < 1.29 is 13.2 Å². The van der Waals surface area contributed by atoms with E-state index in [1.807, 2.05) is 13.8 Å². The predicted octanol–water partition coefficient (Wildman–Crippen LogP) is 2.77. The summed E-state index contributed by atoms with van der Waals surface area (Å²) in [6.45, 7) is 4.44. The number of alkyl halides is 3. The Morgan fingerprint density at radius 1 is 1.47 bits per heavy atom. The SMILES string of the molecule is CCNC(C)c1ccnc(C(F)(F)F)c1. The van der Waals surface area contributed by atoms with Gasteiger partial charge in [0.2, 0.25) is 0 Å². The highest BCUT2D eigenvalue weighted by Crippen LogP contribution is 2.28. The molecule has 1 unspecified atom stereocenters. The molecule has 0 saturated heterocycles. The molecule has 15 heavy (non-hydrogen) atoms. The second kappa shape index (κ2) is 4.61. The lowest BCUT2D eigenvalue weighted by Crippen LogP contribution is -2.18. The van der Waals surface area contributed by atoms with Gasteiger partial charge in [0.05, 0.1) is 0 Å². The number of rotatable bonds is 3. The minimum atomic E-state index is -4.37. The van der Waals surface area contributed by atoms with Crippen molar-refractivity contribution in [3.05, 3.63) is 29.6 Å². The zero-order valence-corrected chi connectivity index (χ0v) is 8.60. The van der Waals surface area contributed by atoms with Gasteiger partial charge >= 0.3 is 6.18 Å². The molecule has 0 aliphatic rings. The molecule has 1 rings (SSSR count). The Bertz CT molecular complexity index is 323. The van der Waals surface area contributed by atoms with Crippen LogP contribution in [0.2, 0.25) is 0 Å². The van der Waals surface area contributed by atoms with Crippen molar-refractivity contribution in [2.75, 3.05) is 6.54 Å². The number of hydrogen-bond donors (Lipinski definition) is 1. The summed E-state index contributed by atoms with van der Waals surface area (Å²) in [5.74, 6) is 0. The van der Waals surface area contributed by atoms with Gasteiger partial charge in [-0.15, -0.1) is 0 Å². The molecule has 1 aromatic heterocycles. The maximum absolute atomic E-state index is 12.3. The van der Waals surface area contributed by atoms with E-state index < -0.39 is 11.9 Å². The lowest BCUT2D eigenvalue weighted by molar-refractivity contribution is -0.141. The first-order valence-electron chi connectivity index (χ1n) is 4.71. The largest absolute Gasteiger partial charge is 0.433 e. The van der Waals surface area contributed by atoms with Gasteiger partial charge in [0.1, 0.15) is 5.69 Å². The average Bonchev–Trinajstić information content (AvgIpc) is 2.17. The number of halogens is 3. The Labute approximate surface area is 86.5 Å². The van der Waals surface area contributed by atoms with Crippen molar-refractivity contribution in [2.24, 2.45) is 0 Å². The molecule has 1 heterocycles. The normalized spacial score (nSPS) is 13.9. The molecule has 1 N–H and O–H groups in total. The van der Waals surface area contributed by atoms with E-state index in [0.29, 0.717) is 12.1 Å². The van der Waals surface area contributed by atoms with Crippen molar-refractivity contribution in [3.8, 4) is 0 Å². The van der Waals surface area contributed by atoms with Gasteiger partial charge in [-0.2, -0.15) is 13.2 Å². The van der Waals surface area contributed by atoms with Crippen molar-refractivity contribution in [1.29, 1.82) is 0 Å². The van der Waals surface area contributed by atoms with Crippen molar-refractivity contribution in [1.82, 2.24) is 10.3 Å². The van der Waals surface area contributed by atoms with Gasteiger partial charge in [-0.3, -0.25) is 4.98 Å². The summed E-state index contributed by atoms with van der Waals surface area (Å²) in [5.41, 5.74) is -0.246. The maximum Gasteiger partial charge on any atom is 0.433 e. The Kier molecular flexibility index (Phi) is 3.68. The fourth-order valence-electron chi connectivity index (χ4n) is 1.30. The number of pyridine rings is 1. The number of nitrogens with one attached hydrogen (secondary N) is 1. The Morgan fingerprint density at radius 2 is 2.13 bits per heavy atom. The summed E-state index contributed by atoms with van der Waals surface area (Å²) in [6, 6.07) is 2.56. The molecule has 0 fully saturated rings. The van der Waals surface area contributed by atoms with Crippen LogP contribution >= 0.6 is 0 Å². The van der Waals surface area contributed by atoms with Crippen LogP contribution < -0.4 is 5.32 Å². The minimum Gasteiger partial charge on any atom is -0.310 e. The molecule has 2 nitrogen and oxygen atoms in total. The van der Waals surface area contributed by atoms with Crippen molar-refractivity contribution in [3.63, 3.8) is 0 Å². The summed E-state index contributed by atoms with van der Waals surface area (Å²) in [7, 11) is 0. The first kappa shape index (κ1) is 12.0. The number of aromatic nitrogens is 1.